The Bertz CT molecular complexity index is 489. The number of carbonyl (C=O) groups excluding carboxylic acids is 1. The van der Waals surface area contributed by atoms with Crippen molar-refractivity contribution in [3.05, 3.63) is 23.1 Å². The lowest BCUT2D eigenvalue weighted by atomic mass is 10.2. The summed E-state index contributed by atoms with van der Waals surface area (Å²) >= 11 is 0. The maximum absolute atomic E-state index is 10.8. The van der Waals surface area contributed by atoms with Gasteiger partial charge in [0.25, 0.3) is 0 Å². The van der Waals surface area contributed by atoms with Crippen LogP contribution in [0.1, 0.15) is 13.3 Å². The highest BCUT2D eigenvalue weighted by Gasteiger charge is 2.05. The van der Waals surface area contributed by atoms with Crippen LogP contribution in [0.3, 0.4) is 0 Å². The second-order valence-corrected chi connectivity index (χ2v) is 3.95. The van der Waals surface area contributed by atoms with Crippen LogP contribution in [0.2, 0.25) is 0 Å². The van der Waals surface area contributed by atoms with Gasteiger partial charge < -0.3 is 9.47 Å². The fraction of sp³-hybridized carbons (Fsp3) is 0.385. The van der Waals surface area contributed by atoms with Crippen LogP contribution in [0, 0.1) is 4.91 Å². The summed E-state index contributed by atoms with van der Waals surface area (Å²) in [5, 5.41) is 6.68. The Morgan fingerprint density at radius 1 is 1.40 bits per heavy atom. The van der Waals surface area contributed by atoms with Crippen LogP contribution in [0.4, 0.5) is 11.4 Å². The Morgan fingerprint density at radius 2 is 2.20 bits per heavy atom. The van der Waals surface area contributed by atoms with Crippen LogP contribution < -0.4 is 10.2 Å². The van der Waals surface area contributed by atoms with Crippen LogP contribution >= 0.6 is 0 Å². The SMILES string of the molecule is COCCCOc1ccc(N/N=C(/C)C=O)c(N=O)c1. The van der Waals surface area contributed by atoms with E-state index in [1.54, 1.807) is 26.2 Å². The summed E-state index contributed by atoms with van der Waals surface area (Å²) in [7, 11) is 1.62. The van der Waals surface area contributed by atoms with Crippen molar-refractivity contribution < 1.29 is 14.3 Å². The van der Waals surface area contributed by atoms with Gasteiger partial charge in [-0.05, 0) is 24.2 Å². The molecule has 1 rings (SSSR count). The summed E-state index contributed by atoms with van der Waals surface area (Å²) in [6.45, 7) is 2.64. The summed E-state index contributed by atoms with van der Waals surface area (Å²) in [5.74, 6) is 0.539. The number of aldehydes is 1. The summed E-state index contributed by atoms with van der Waals surface area (Å²) < 4.78 is 10.4. The Hall–Kier alpha value is -2.28. The molecule has 0 saturated heterocycles. The lowest BCUT2D eigenvalue weighted by molar-refractivity contribution is -0.102. The third-order valence-electron chi connectivity index (χ3n) is 2.35. The molecular formula is C13H17N3O4. The van der Waals surface area contributed by atoms with Gasteiger partial charge in [-0.25, -0.2) is 0 Å². The highest BCUT2D eigenvalue weighted by molar-refractivity contribution is 6.27. The number of nitrogens with one attached hydrogen (secondary N) is 1. The Labute approximate surface area is 116 Å². The molecule has 0 fully saturated rings. The van der Waals surface area contributed by atoms with Crippen LogP contribution in [0.25, 0.3) is 0 Å². The van der Waals surface area contributed by atoms with Crippen molar-refractivity contribution in [1.82, 2.24) is 0 Å². The number of ether oxygens (including phenoxy) is 2. The zero-order chi connectivity index (χ0) is 14.8. The molecule has 7 nitrogen and oxygen atoms in total. The number of anilines is 1. The third-order valence-corrected chi connectivity index (χ3v) is 2.35. The lowest BCUT2D eigenvalue weighted by Crippen LogP contribution is -2.02. The van der Waals surface area contributed by atoms with E-state index in [0.29, 0.717) is 30.9 Å². The molecule has 1 aromatic carbocycles. The normalized spacial score (nSPS) is 11.0. The van der Waals surface area contributed by atoms with Crippen molar-refractivity contribution in [2.75, 3.05) is 25.7 Å². The molecule has 0 bridgehead atoms. The molecule has 20 heavy (non-hydrogen) atoms. The van der Waals surface area contributed by atoms with E-state index in [9.17, 15) is 9.70 Å². The van der Waals surface area contributed by atoms with E-state index in [0.717, 1.165) is 6.42 Å². The highest BCUT2D eigenvalue weighted by atomic mass is 16.5. The van der Waals surface area contributed by atoms with Gasteiger partial charge in [0, 0.05) is 26.2 Å². The first kappa shape index (κ1) is 15.8. The fourth-order valence-corrected chi connectivity index (χ4v) is 1.34. The molecule has 108 valence electrons. The maximum atomic E-state index is 10.8. The average molecular weight is 279 g/mol. The van der Waals surface area contributed by atoms with E-state index in [2.05, 4.69) is 15.7 Å². The number of rotatable bonds is 9. The molecule has 0 aliphatic heterocycles. The van der Waals surface area contributed by atoms with Crippen molar-refractivity contribution in [2.24, 2.45) is 10.3 Å². The van der Waals surface area contributed by atoms with Crippen LogP contribution in [0.5, 0.6) is 5.75 Å². The van der Waals surface area contributed by atoms with Gasteiger partial charge in [0.2, 0.25) is 0 Å². The van der Waals surface area contributed by atoms with Crippen LogP contribution in [-0.4, -0.2) is 32.3 Å². The number of carbonyl (C=O) groups is 1. The van der Waals surface area contributed by atoms with Gasteiger partial charge in [-0.15, -0.1) is 4.91 Å². The number of methoxy groups -OCH3 is 1. The molecule has 7 heteroatoms. The van der Waals surface area contributed by atoms with Crippen molar-refractivity contribution in [3.8, 4) is 5.75 Å². The summed E-state index contributed by atoms with van der Waals surface area (Å²) in [6, 6.07) is 4.81. The molecule has 0 aromatic heterocycles. The predicted molar refractivity (Wildman–Crippen MR) is 76.7 cm³/mol. The van der Waals surface area contributed by atoms with E-state index in [1.165, 1.54) is 6.07 Å². The number of nitrogens with zero attached hydrogens (tertiary/aromatic N) is 2. The van der Waals surface area contributed by atoms with Crippen molar-refractivity contribution in [1.29, 1.82) is 0 Å². The van der Waals surface area contributed by atoms with Gasteiger partial charge in [-0.2, -0.15) is 5.10 Å². The molecule has 0 amide bonds. The molecule has 0 saturated carbocycles. The first-order valence-corrected chi connectivity index (χ1v) is 6.06. The zero-order valence-corrected chi connectivity index (χ0v) is 11.5. The van der Waals surface area contributed by atoms with E-state index in [1.807, 2.05) is 0 Å². The number of benzene rings is 1. The minimum absolute atomic E-state index is 0.164. The van der Waals surface area contributed by atoms with E-state index in [4.69, 9.17) is 9.47 Å². The summed E-state index contributed by atoms with van der Waals surface area (Å²) in [5.41, 5.74) is 3.44. The van der Waals surface area contributed by atoms with Gasteiger partial charge in [-0.3, -0.25) is 10.2 Å². The van der Waals surface area contributed by atoms with E-state index >= 15 is 0 Å². The van der Waals surface area contributed by atoms with Crippen molar-refractivity contribution in [3.63, 3.8) is 0 Å². The zero-order valence-electron chi connectivity index (χ0n) is 11.5. The highest BCUT2D eigenvalue weighted by Crippen LogP contribution is 2.29. The Balaban J connectivity index is 2.70. The predicted octanol–water partition coefficient (Wildman–Crippen LogP) is 2.49. The molecule has 0 unspecified atom stereocenters. The van der Waals surface area contributed by atoms with Gasteiger partial charge in [0.1, 0.15) is 11.4 Å². The lowest BCUT2D eigenvalue weighted by Gasteiger charge is -2.08. The summed E-state index contributed by atoms with van der Waals surface area (Å²) in [6.07, 6.45) is 1.36. The minimum Gasteiger partial charge on any atom is -0.493 e. The molecule has 0 aliphatic rings. The van der Waals surface area contributed by atoms with Gasteiger partial charge >= 0.3 is 0 Å². The largest absolute Gasteiger partial charge is 0.493 e. The topological polar surface area (TPSA) is 89.3 Å². The minimum atomic E-state index is 0.164. The molecule has 0 aliphatic carbocycles. The van der Waals surface area contributed by atoms with Crippen molar-refractivity contribution in [2.45, 2.75) is 13.3 Å². The van der Waals surface area contributed by atoms with Crippen LogP contribution in [0.15, 0.2) is 28.5 Å². The standard InChI is InChI=1S/C13H17N3O4/c1-10(9-17)14-15-12-5-4-11(8-13(12)16-18)20-7-3-6-19-2/h4-5,8-9,15H,3,6-7H2,1-2H3/b14-10-. The Kier molecular flexibility index (Phi) is 6.91. The Morgan fingerprint density at radius 3 is 2.85 bits per heavy atom. The number of hydrogen-bond donors (Lipinski definition) is 1. The molecule has 1 aromatic rings. The molecule has 1 N–H and O–H groups in total. The monoisotopic (exact) mass is 279 g/mol. The van der Waals surface area contributed by atoms with Gasteiger partial charge in [0.15, 0.2) is 6.29 Å². The van der Waals surface area contributed by atoms with Gasteiger partial charge in [-0.1, -0.05) is 0 Å². The van der Waals surface area contributed by atoms with Gasteiger partial charge in [0.05, 0.1) is 18.0 Å². The first-order valence-electron chi connectivity index (χ1n) is 6.06. The third kappa shape index (κ3) is 5.15. The molecule has 0 radical (unpaired) electrons. The second-order valence-electron chi connectivity index (χ2n) is 3.95. The quantitative estimate of drug-likeness (QED) is 0.246. The van der Waals surface area contributed by atoms with E-state index < -0.39 is 0 Å². The fourth-order valence-electron chi connectivity index (χ4n) is 1.34. The van der Waals surface area contributed by atoms with Crippen LogP contribution in [-0.2, 0) is 9.53 Å². The number of hydrazone groups is 1. The smallest absolute Gasteiger partial charge is 0.165 e. The molecule has 0 heterocycles. The number of nitroso groups, excluding NO2 is 1. The average Bonchev–Trinajstić information content (AvgIpc) is 2.49. The number of hydrogen-bond acceptors (Lipinski definition) is 7. The molecular weight excluding hydrogens is 262 g/mol. The first-order chi connectivity index (χ1) is 9.71. The second kappa shape index (κ2) is 8.76. The van der Waals surface area contributed by atoms with Crippen molar-refractivity contribution >= 4 is 23.4 Å². The van der Waals surface area contributed by atoms with E-state index in [-0.39, 0.29) is 11.4 Å². The molecule has 0 atom stereocenters. The summed E-state index contributed by atoms with van der Waals surface area (Å²) in [4.78, 5) is 21.2. The molecule has 0 spiro atoms. The maximum Gasteiger partial charge on any atom is 0.165 e.